The van der Waals surface area contributed by atoms with Gasteiger partial charge in [0.05, 0.1) is 0 Å². The lowest BCUT2D eigenvalue weighted by Gasteiger charge is -2.26. The van der Waals surface area contributed by atoms with Crippen LogP contribution in [0.5, 0.6) is 0 Å². The molecule has 13 rings (SSSR count). The average Bonchev–Trinajstić information content (AvgIpc) is 3.89. The Bertz CT molecular complexity index is 3530. The maximum atomic E-state index is 2.43. The summed E-state index contributed by atoms with van der Waals surface area (Å²) >= 11 is 0. The van der Waals surface area contributed by atoms with E-state index in [1.807, 2.05) is 0 Å². The summed E-state index contributed by atoms with van der Waals surface area (Å²) < 4.78 is 0. The van der Waals surface area contributed by atoms with Crippen LogP contribution in [0.15, 0.2) is 303 Å². The second-order valence-corrected chi connectivity index (χ2v) is 20.6. The quantitative estimate of drug-likeness (QED) is 0.120. The second-order valence-electron chi connectivity index (χ2n) is 20.6. The molecule has 0 amide bonds. The van der Waals surface area contributed by atoms with Crippen LogP contribution in [0.4, 0.5) is 34.1 Å². The van der Waals surface area contributed by atoms with Crippen LogP contribution >= 0.6 is 0 Å². The fourth-order valence-electron chi connectivity index (χ4n) is 11.3. The molecule has 0 heterocycles. The van der Waals surface area contributed by atoms with Gasteiger partial charge in [0.2, 0.25) is 0 Å². The van der Waals surface area contributed by atoms with Crippen LogP contribution in [-0.2, 0) is 5.41 Å². The standard InChI is InChI=1S/C75H56N2/c1-75(2)73-51-63(61-31-45-69(46-32-61)76(65-37-23-57(24-38-65)53-15-7-3-8-16-53)66-39-25-58(26-40-66)54-17-9-4-10-18-54)35-49-71(73)72-50-36-64(52-74(72)75)62-33-47-70(48-34-62)77(67-41-27-59(28-42-67)55-19-11-5-12-20-55)68-43-29-60(30-44-68)56-21-13-6-14-22-56/h3-52H,1-2H3. The zero-order chi connectivity index (χ0) is 51.7. The van der Waals surface area contributed by atoms with Crippen molar-refractivity contribution < 1.29 is 0 Å². The van der Waals surface area contributed by atoms with E-state index in [4.69, 9.17) is 0 Å². The van der Waals surface area contributed by atoms with Gasteiger partial charge in [-0.05, 0) is 174 Å². The van der Waals surface area contributed by atoms with Crippen molar-refractivity contribution in [1.82, 2.24) is 0 Å². The van der Waals surface area contributed by atoms with Crippen LogP contribution in [-0.4, -0.2) is 0 Å². The van der Waals surface area contributed by atoms with Crippen molar-refractivity contribution in [2.24, 2.45) is 0 Å². The minimum atomic E-state index is -0.195. The van der Waals surface area contributed by atoms with Crippen molar-refractivity contribution in [1.29, 1.82) is 0 Å². The van der Waals surface area contributed by atoms with Gasteiger partial charge in [-0.3, -0.25) is 0 Å². The maximum absolute atomic E-state index is 2.43. The molecular weight excluding hydrogens is 929 g/mol. The molecule has 0 saturated carbocycles. The van der Waals surface area contributed by atoms with Crippen molar-refractivity contribution in [3.63, 3.8) is 0 Å². The summed E-state index contributed by atoms with van der Waals surface area (Å²) in [5, 5.41) is 0. The van der Waals surface area contributed by atoms with E-state index in [1.54, 1.807) is 0 Å². The fraction of sp³-hybridized carbons (Fsp3) is 0.0400. The molecule has 0 radical (unpaired) electrons. The molecule has 0 fully saturated rings. The van der Waals surface area contributed by atoms with Gasteiger partial charge in [-0.1, -0.05) is 232 Å². The molecular formula is C75H56N2. The van der Waals surface area contributed by atoms with Crippen molar-refractivity contribution in [2.75, 3.05) is 9.80 Å². The van der Waals surface area contributed by atoms with Crippen LogP contribution in [0.3, 0.4) is 0 Å². The van der Waals surface area contributed by atoms with Gasteiger partial charge in [0.1, 0.15) is 0 Å². The highest BCUT2D eigenvalue weighted by Crippen LogP contribution is 2.51. The van der Waals surface area contributed by atoms with E-state index in [9.17, 15) is 0 Å². The highest BCUT2D eigenvalue weighted by atomic mass is 15.1. The van der Waals surface area contributed by atoms with Crippen LogP contribution in [0.1, 0.15) is 25.0 Å². The van der Waals surface area contributed by atoms with E-state index >= 15 is 0 Å². The Labute approximate surface area is 453 Å². The molecule has 1 aliphatic rings. The Balaban J connectivity index is 0.778. The molecule has 0 bridgehead atoms. The normalized spacial score (nSPS) is 12.1. The fourth-order valence-corrected chi connectivity index (χ4v) is 11.3. The first-order valence-electron chi connectivity index (χ1n) is 26.6. The summed E-state index contributed by atoms with van der Waals surface area (Å²) in [6.45, 7) is 4.76. The first kappa shape index (κ1) is 47.0. The van der Waals surface area contributed by atoms with Gasteiger partial charge in [-0.25, -0.2) is 0 Å². The lowest BCUT2D eigenvalue weighted by atomic mass is 9.81. The third-order valence-electron chi connectivity index (χ3n) is 15.5. The number of fused-ring (bicyclic) bond motifs is 3. The van der Waals surface area contributed by atoms with E-state index in [-0.39, 0.29) is 5.41 Å². The number of nitrogens with zero attached hydrogens (tertiary/aromatic N) is 2. The van der Waals surface area contributed by atoms with Gasteiger partial charge >= 0.3 is 0 Å². The van der Waals surface area contributed by atoms with Gasteiger partial charge in [-0.15, -0.1) is 0 Å². The highest BCUT2D eigenvalue weighted by molar-refractivity contribution is 5.88. The maximum Gasteiger partial charge on any atom is 0.0462 e. The average molecular weight is 985 g/mol. The third kappa shape index (κ3) is 9.21. The van der Waals surface area contributed by atoms with Crippen molar-refractivity contribution in [3.8, 4) is 77.9 Å². The van der Waals surface area contributed by atoms with Gasteiger partial charge < -0.3 is 9.80 Å². The largest absolute Gasteiger partial charge is 0.311 e. The Morgan fingerprint density at radius 2 is 0.377 bits per heavy atom. The number of benzene rings is 12. The van der Waals surface area contributed by atoms with Crippen LogP contribution in [0.25, 0.3) is 77.9 Å². The van der Waals surface area contributed by atoms with E-state index in [2.05, 4.69) is 327 Å². The molecule has 12 aromatic carbocycles. The van der Waals surface area contributed by atoms with E-state index in [0.717, 1.165) is 34.1 Å². The van der Waals surface area contributed by atoms with Crippen LogP contribution in [0, 0.1) is 0 Å². The molecule has 0 N–H and O–H groups in total. The molecule has 2 heteroatoms. The first-order valence-corrected chi connectivity index (χ1v) is 26.6. The van der Waals surface area contributed by atoms with Crippen molar-refractivity contribution in [2.45, 2.75) is 19.3 Å². The molecule has 0 unspecified atom stereocenters. The minimum absolute atomic E-state index is 0.195. The van der Waals surface area contributed by atoms with Gasteiger partial charge in [0.15, 0.2) is 0 Å². The third-order valence-corrected chi connectivity index (χ3v) is 15.5. The second kappa shape index (κ2) is 20.2. The van der Waals surface area contributed by atoms with Gasteiger partial charge in [0.25, 0.3) is 0 Å². The number of rotatable bonds is 12. The lowest BCUT2D eigenvalue weighted by molar-refractivity contribution is 0.661. The first-order chi connectivity index (χ1) is 37.9. The lowest BCUT2D eigenvalue weighted by Crippen LogP contribution is -2.15. The number of anilines is 6. The Morgan fingerprint density at radius 3 is 0.597 bits per heavy atom. The van der Waals surface area contributed by atoms with Crippen LogP contribution < -0.4 is 9.80 Å². The van der Waals surface area contributed by atoms with Gasteiger partial charge in [0, 0.05) is 39.5 Å². The summed E-state index contributed by atoms with van der Waals surface area (Å²) in [4.78, 5) is 4.71. The van der Waals surface area contributed by atoms with E-state index < -0.39 is 0 Å². The molecule has 0 aliphatic heterocycles. The zero-order valence-electron chi connectivity index (χ0n) is 43.3. The summed E-state index contributed by atoms with van der Waals surface area (Å²) in [5.41, 5.74) is 26.2. The Morgan fingerprint density at radius 1 is 0.195 bits per heavy atom. The molecule has 12 aromatic rings. The molecule has 0 spiro atoms. The minimum Gasteiger partial charge on any atom is -0.311 e. The van der Waals surface area contributed by atoms with Gasteiger partial charge in [-0.2, -0.15) is 0 Å². The smallest absolute Gasteiger partial charge is 0.0462 e. The van der Waals surface area contributed by atoms with E-state index in [1.165, 1.54) is 89.0 Å². The molecule has 1 aliphatic carbocycles. The summed E-state index contributed by atoms with van der Waals surface area (Å²) in [6, 6.07) is 110. The SMILES string of the molecule is CC1(C)c2cc(-c3ccc(N(c4ccc(-c5ccccc5)cc4)c4ccc(-c5ccccc5)cc4)cc3)ccc2-c2ccc(-c3ccc(N(c4ccc(-c5ccccc5)cc4)c4ccc(-c5ccccc5)cc4)cc3)cc21. The molecule has 0 aromatic heterocycles. The van der Waals surface area contributed by atoms with E-state index in [0.29, 0.717) is 0 Å². The number of hydrogen-bond acceptors (Lipinski definition) is 2. The number of hydrogen-bond donors (Lipinski definition) is 0. The molecule has 2 nitrogen and oxygen atoms in total. The molecule has 0 saturated heterocycles. The Kier molecular flexibility index (Phi) is 12.3. The molecule has 366 valence electrons. The highest BCUT2D eigenvalue weighted by Gasteiger charge is 2.36. The zero-order valence-corrected chi connectivity index (χ0v) is 43.3. The van der Waals surface area contributed by atoms with Crippen molar-refractivity contribution >= 4 is 34.1 Å². The monoisotopic (exact) mass is 984 g/mol. The predicted molar refractivity (Wildman–Crippen MR) is 326 cm³/mol. The topological polar surface area (TPSA) is 6.48 Å². The summed E-state index contributed by atoms with van der Waals surface area (Å²) in [7, 11) is 0. The predicted octanol–water partition coefficient (Wildman–Crippen LogP) is 20.9. The van der Waals surface area contributed by atoms with Crippen LogP contribution in [0.2, 0.25) is 0 Å². The summed E-state index contributed by atoms with van der Waals surface area (Å²) in [6.07, 6.45) is 0. The molecule has 77 heavy (non-hydrogen) atoms. The molecule has 0 atom stereocenters. The summed E-state index contributed by atoms with van der Waals surface area (Å²) in [5.74, 6) is 0. The Hall–Kier alpha value is -9.76. The van der Waals surface area contributed by atoms with Crippen molar-refractivity contribution in [3.05, 3.63) is 314 Å².